The minimum absolute atomic E-state index is 0.0486. The van der Waals surface area contributed by atoms with Gasteiger partial charge < -0.3 is 9.47 Å². The minimum atomic E-state index is -0.495. The second-order valence-corrected chi connectivity index (χ2v) is 8.04. The fraction of sp³-hybridized carbons (Fsp3) is 0.611. The van der Waals surface area contributed by atoms with Gasteiger partial charge in [-0.25, -0.2) is 0 Å². The molecule has 1 saturated carbocycles. The quantitative estimate of drug-likeness (QED) is 0.728. The SMILES string of the molecule is Cn1cc(Br)cc1C(=O)NNC(=O)C1CCCN1C(=O)C1CCCCC1. The summed E-state index contributed by atoms with van der Waals surface area (Å²) in [6.07, 6.45) is 8.41. The molecule has 1 aromatic heterocycles. The Balaban J connectivity index is 1.57. The van der Waals surface area contributed by atoms with Crippen LogP contribution < -0.4 is 10.9 Å². The predicted molar refractivity (Wildman–Crippen MR) is 100 cm³/mol. The van der Waals surface area contributed by atoms with Gasteiger partial charge in [0.05, 0.1) is 0 Å². The molecule has 1 saturated heterocycles. The van der Waals surface area contributed by atoms with E-state index in [-0.39, 0.29) is 17.7 Å². The van der Waals surface area contributed by atoms with E-state index in [1.807, 2.05) is 0 Å². The predicted octanol–water partition coefficient (Wildman–Crippen LogP) is 2.12. The molecule has 1 unspecified atom stereocenters. The van der Waals surface area contributed by atoms with Crippen LogP contribution in [0.5, 0.6) is 0 Å². The Morgan fingerprint density at radius 1 is 1.08 bits per heavy atom. The fourth-order valence-electron chi connectivity index (χ4n) is 3.90. The number of likely N-dealkylation sites (tertiary alicyclic amines) is 1. The molecule has 0 aromatic carbocycles. The first-order valence-electron chi connectivity index (χ1n) is 9.20. The highest BCUT2D eigenvalue weighted by Crippen LogP contribution is 2.28. The molecule has 1 aliphatic heterocycles. The molecule has 2 aliphatic rings. The molecule has 7 nitrogen and oxygen atoms in total. The van der Waals surface area contributed by atoms with Crippen molar-refractivity contribution in [3.8, 4) is 0 Å². The van der Waals surface area contributed by atoms with Crippen LogP contribution >= 0.6 is 15.9 Å². The number of hydrazine groups is 1. The summed E-state index contributed by atoms with van der Waals surface area (Å²) in [5.41, 5.74) is 5.37. The maximum absolute atomic E-state index is 12.8. The van der Waals surface area contributed by atoms with Crippen molar-refractivity contribution in [3.63, 3.8) is 0 Å². The summed E-state index contributed by atoms with van der Waals surface area (Å²) in [6, 6.07) is 1.18. The van der Waals surface area contributed by atoms with Crippen LogP contribution in [0, 0.1) is 5.92 Å². The van der Waals surface area contributed by atoms with E-state index in [4.69, 9.17) is 0 Å². The van der Waals surface area contributed by atoms with Gasteiger partial charge >= 0.3 is 0 Å². The molecule has 3 rings (SSSR count). The molecule has 2 heterocycles. The first-order chi connectivity index (χ1) is 12.5. The molecule has 2 N–H and O–H groups in total. The Morgan fingerprint density at radius 3 is 2.46 bits per heavy atom. The number of amides is 3. The van der Waals surface area contributed by atoms with Crippen LogP contribution in [0.25, 0.3) is 0 Å². The summed E-state index contributed by atoms with van der Waals surface area (Å²) in [6.45, 7) is 0.617. The van der Waals surface area contributed by atoms with Gasteiger partial charge in [0.1, 0.15) is 11.7 Å². The number of aromatic nitrogens is 1. The molecule has 2 fully saturated rings. The van der Waals surface area contributed by atoms with Crippen molar-refractivity contribution in [2.24, 2.45) is 13.0 Å². The van der Waals surface area contributed by atoms with Gasteiger partial charge in [-0.15, -0.1) is 0 Å². The van der Waals surface area contributed by atoms with Gasteiger partial charge in [-0.2, -0.15) is 0 Å². The van der Waals surface area contributed by atoms with E-state index < -0.39 is 11.9 Å². The van der Waals surface area contributed by atoms with Gasteiger partial charge in [-0.1, -0.05) is 19.3 Å². The second-order valence-electron chi connectivity index (χ2n) is 7.12. The fourth-order valence-corrected chi connectivity index (χ4v) is 4.43. The van der Waals surface area contributed by atoms with Crippen molar-refractivity contribution in [2.75, 3.05) is 6.54 Å². The molecule has 142 valence electrons. The van der Waals surface area contributed by atoms with E-state index in [0.717, 1.165) is 36.6 Å². The lowest BCUT2D eigenvalue weighted by Crippen LogP contribution is -2.52. The van der Waals surface area contributed by atoms with Crippen molar-refractivity contribution in [1.82, 2.24) is 20.3 Å². The average molecular weight is 425 g/mol. The first kappa shape index (κ1) is 18.9. The third-order valence-corrected chi connectivity index (χ3v) is 5.73. The third kappa shape index (κ3) is 4.11. The lowest BCUT2D eigenvalue weighted by Gasteiger charge is -2.30. The van der Waals surface area contributed by atoms with Crippen LogP contribution in [0.15, 0.2) is 16.7 Å². The van der Waals surface area contributed by atoms with Gasteiger partial charge in [-0.05, 0) is 47.7 Å². The highest BCUT2D eigenvalue weighted by Gasteiger charge is 2.37. The molecular formula is C18H25BrN4O3. The summed E-state index contributed by atoms with van der Waals surface area (Å²) < 4.78 is 2.46. The summed E-state index contributed by atoms with van der Waals surface area (Å²) in [5.74, 6) is -0.574. The van der Waals surface area contributed by atoms with Crippen molar-refractivity contribution >= 4 is 33.7 Å². The Bertz CT molecular complexity index is 697. The lowest BCUT2D eigenvalue weighted by molar-refractivity contribution is -0.142. The molecule has 1 atom stereocenters. The average Bonchev–Trinajstić information content (AvgIpc) is 3.26. The minimum Gasteiger partial charge on any atom is -0.345 e. The van der Waals surface area contributed by atoms with Crippen LogP contribution in [0.2, 0.25) is 0 Å². The number of carbonyl (C=O) groups excluding carboxylic acids is 3. The summed E-state index contributed by atoms with van der Waals surface area (Å²) in [7, 11) is 1.75. The molecule has 1 aliphatic carbocycles. The van der Waals surface area contributed by atoms with E-state index in [1.54, 1.807) is 28.8 Å². The summed E-state index contributed by atoms with van der Waals surface area (Å²) >= 11 is 3.31. The largest absolute Gasteiger partial charge is 0.345 e. The van der Waals surface area contributed by atoms with Crippen molar-refractivity contribution < 1.29 is 14.4 Å². The van der Waals surface area contributed by atoms with Gasteiger partial charge in [-0.3, -0.25) is 25.2 Å². The van der Waals surface area contributed by atoms with E-state index in [2.05, 4.69) is 26.8 Å². The van der Waals surface area contributed by atoms with E-state index in [0.29, 0.717) is 18.7 Å². The zero-order valence-corrected chi connectivity index (χ0v) is 16.5. The first-order valence-corrected chi connectivity index (χ1v) is 9.99. The van der Waals surface area contributed by atoms with Crippen molar-refractivity contribution in [2.45, 2.75) is 51.0 Å². The third-order valence-electron chi connectivity index (χ3n) is 5.30. The molecular weight excluding hydrogens is 400 g/mol. The van der Waals surface area contributed by atoms with Gasteiger partial charge in [0.25, 0.3) is 11.8 Å². The summed E-state index contributed by atoms with van der Waals surface area (Å²) in [4.78, 5) is 39.2. The molecule has 26 heavy (non-hydrogen) atoms. The lowest BCUT2D eigenvalue weighted by atomic mass is 9.88. The molecule has 0 radical (unpaired) electrons. The standard InChI is InChI=1S/C18H25BrN4O3/c1-22-11-13(19)10-15(22)17(25)21-20-16(24)14-8-5-9-23(14)18(26)12-6-3-2-4-7-12/h10-12,14H,2-9H2,1H3,(H,20,24)(H,21,25). The van der Waals surface area contributed by atoms with Crippen LogP contribution in [-0.4, -0.2) is 39.8 Å². The van der Waals surface area contributed by atoms with Crippen molar-refractivity contribution in [1.29, 1.82) is 0 Å². The normalized spacial score (nSPS) is 20.8. The smallest absolute Gasteiger partial charge is 0.286 e. The number of carbonyl (C=O) groups is 3. The van der Waals surface area contributed by atoms with E-state index in [1.165, 1.54) is 6.42 Å². The Kier molecular flexibility index (Phi) is 6.01. The van der Waals surface area contributed by atoms with Crippen LogP contribution in [0.4, 0.5) is 0 Å². The molecule has 8 heteroatoms. The molecule has 1 aromatic rings. The van der Waals surface area contributed by atoms with E-state index >= 15 is 0 Å². The van der Waals surface area contributed by atoms with Gasteiger partial charge in [0.2, 0.25) is 5.91 Å². The number of nitrogens with one attached hydrogen (secondary N) is 2. The number of aryl methyl sites for hydroxylation is 1. The van der Waals surface area contributed by atoms with Crippen LogP contribution in [0.1, 0.15) is 55.4 Å². The topological polar surface area (TPSA) is 83.4 Å². The van der Waals surface area contributed by atoms with Crippen LogP contribution in [0.3, 0.4) is 0 Å². The Labute approximate surface area is 161 Å². The zero-order chi connectivity index (χ0) is 18.7. The van der Waals surface area contributed by atoms with Gasteiger partial charge in [0, 0.05) is 30.2 Å². The molecule has 3 amide bonds. The molecule has 0 spiro atoms. The Hall–Kier alpha value is -1.83. The highest BCUT2D eigenvalue weighted by molar-refractivity contribution is 9.10. The number of hydrogen-bond donors (Lipinski definition) is 2. The zero-order valence-electron chi connectivity index (χ0n) is 15.0. The molecule has 0 bridgehead atoms. The maximum atomic E-state index is 12.8. The maximum Gasteiger partial charge on any atom is 0.286 e. The van der Waals surface area contributed by atoms with Crippen molar-refractivity contribution in [3.05, 3.63) is 22.4 Å². The van der Waals surface area contributed by atoms with E-state index in [9.17, 15) is 14.4 Å². The van der Waals surface area contributed by atoms with Gasteiger partial charge in [0.15, 0.2) is 0 Å². The number of halogens is 1. The monoisotopic (exact) mass is 424 g/mol. The number of nitrogens with zero attached hydrogens (tertiary/aromatic N) is 2. The number of hydrogen-bond acceptors (Lipinski definition) is 3. The summed E-state index contributed by atoms with van der Waals surface area (Å²) in [5, 5.41) is 0. The highest BCUT2D eigenvalue weighted by atomic mass is 79.9. The number of rotatable bonds is 3. The second kappa shape index (κ2) is 8.24. The Morgan fingerprint density at radius 2 is 1.81 bits per heavy atom. The van der Waals surface area contributed by atoms with Crippen LogP contribution in [-0.2, 0) is 16.6 Å².